The zero-order valence-electron chi connectivity index (χ0n) is 15.0. The van der Waals surface area contributed by atoms with Gasteiger partial charge >= 0.3 is 5.97 Å². The fourth-order valence-corrected chi connectivity index (χ4v) is 3.53. The number of aryl methyl sites for hydroxylation is 1. The lowest BCUT2D eigenvalue weighted by atomic mass is 10.0. The molecule has 0 bridgehead atoms. The van der Waals surface area contributed by atoms with Crippen LogP contribution in [0, 0.1) is 0 Å². The van der Waals surface area contributed by atoms with Gasteiger partial charge in [0.1, 0.15) is 13.1 Å². The second kappa shape index (κ2) is 7.70. The highest BCUT2D eigenvalue weighted by Gasteiger charge is 2.38. The van der Waals surface area contributed by atoms with Crippen LogP contribution in [0.3, 0.4) is 0 Å². The highest BCUT2D eigenvalue weighted by Crippen LogP contribution is 2.15. The number of imidazole rings is 1. The van der Waals surface area contributed by atoms with E-state index < -0.39 is 5.97 Å². The third-order valence-corrected chi connectivity index (χ3v) is 4.89. The monoisotopic (exact) mass is 357 g/mol. The van der Waals surface area contributed by atoms with Gasteiger partial charge in [-0.25, -0.2) is 9.78 Å². The summed E-state index contributed by atoms with van der Waals surface area (Å²) in [6, 6.07) is 6.29. The molecular weight excluding hydrogens is 334 g/mol. The molecule has 1 aromatic heterocycles. The quantitative estimate of drug-likeness (QED) is 0.694. The van der Waals surface area contributed by atoms with Crippen LogP contribution < -0.4 is 10.0 Å². The van der Waals surface area contributed by atoms with Crippen molar-refractivity contribution < 1.29 is 24.3 Å². The number of carboxylic acid groups (broad SMARTS) is 1. The standard InChI is InChI=1S/C19H23N3O4/c1-3-8-21-12-20-15-9-16(19(25)26-2)22(11-17(15)21)10-13-4-6-14(7-5-13)18(23)24/h4-7,12,16H,3,8-11H2,1-2H3,(H,23,24)/t16-/m0/s1. The molecule has 0 saturated carbocycles. The Labute approximate surface area is 152 Å². The minimum Gasteiger partial charge on any atom is -0.545 e. The first kappa shape index (κ1) is 18.1. The fraction of sp³-hybridized carbons (Fsp3) is 0.421. The average Bonchev–Trinajstić information content (AvgIpc) is 3.03. The van der Waals surface area contributed by atoms with E-state index in [4.69, 9.17) is 4.74 Å². The van der Waals surface area contributed by atoms with Crippen LogP contribution in [-0.4, -0.2) is 34.6 Å². The molecule has 0 spiro atoms. The molecule has 7 nitrogen and oxygen atoms in total. The molecule has 1 aromatic carbocycles. The fourth-order valence-electron chi connectivity index (χ4n) is 3.53. The van der Waals surface area contributed by atoms with E-state index in [9.17, 15) is 14.7 Å². The van der Waals surface area contributed by atoms with Gasteiger partial charge in [-0.15, -0.1) is 0 Å². The van der Waals surface area contributed by atoms with Gasteiger partial charge in [-0.1, -0.05) is 31.2 Å². The van der Waals surface area contributed by atoms with Gasteiger partial charge in [0.15, 0.2) is 6.04 Å². The van der Waals surface area contributed by atoms with Crippen molar-refractivity contribution in [2.24, 2.45) is 0 Å². The van der Waals surface area contributed by atoms with Crippen molar-refractivity contribution in [1.82, 2.24) is 9.55 Å². The molecule has 2 atom stereocenters. The van der Waals surface area contributed by atoms with Gasteiger partial charge in [0, 0.05) is 12.1 Å². The van der Waals surface area contributed by atoms with Crippen molar-refractivity contribution in [2.45, 2.75) is 45.4 Å². The summed E-state index contributed by atoms with van der Waals surface area (Å²) in [6.45, 7) is 4.30. The van der Waals surface area contributed by atoms with Gasteiger partial charge in [0.25, 0.3) is 0 Å². The minimum atomic E-state index is -1.19. The maximum Gasteiger partial charge on any atom is 0.365 e. The lowest BCUT2D eigenvalue weighted by Gasteiger charge is -2.31. The summed E-state index contributed by atoms with van der Waals surface area (Å²) in [6.07, 6.45) is 3.41. The second-order valence-corrected chi connectivity index (χ2v) is 6.61. The van der Waals surface area contributed by atoms with Crippen molar-refractivity contribution in [2.75, 3.05) is 7.11 Å². The molecule has 1 N–H and O–H groups in total. The first-order valence-corrected chi connectivity index (χ1v) is 8.79. The van der Waals surface area contributed by atoms with Crippen LogP contribution in [-0.2, 0) is 35.6 Å². The predicted molar refractivity (Wildman–Crippen MR) is 91.2 cm³/mol. The number of nitrogens with zero attached hydrogens (tertiary/aromatic N) is 2. The molecule has 26 heavy (non-hydrogen) atoms. The highest BCUT2D eigenvalue weighted by molar-refractivity contribution is 5.85. The lowest BCUT2D eigenvalue weighted by Crippen LogP contribution is -3.15. The summed E-state index contributed by atoms with van der Waals surface area (Å²) in [5.74, 6) is -1.44. The van der Waals surface area contributed by atoms with Crippen LogP contribution in [0.1, 0.15) is 40.7 Å². The number of hydrogen-bond donors (Lipinski definition) is 1. The maximum atomic E-state index is 12.3. The van der Waals surface area contributed by atoms with Gasteiger partial charge in [-0.3, -0.25) is 0 Å². The van der Waals surface area contributed by atoms with Crippen LogP contribution in [0.25, 0.3) is 0 Å². The van der Waals surface area contributed by atoms with E-state index in [-0.39, 0.29) is 17.6 Å². The van der Waals surface area contributed by atoms with Crippen molar-refractivity contribution in [3.63, 3.8) is 0 Å². The number of benzene rings is 1. The van der Waals surface area contributed by atoms with E-state index >= 15 is 0 Å². The zero-order chi connectivity index (χ0) is 18.7. The lowest BCUT2D eigenvalue weighted by molar-refractivity contribution is -0.946. The number of rotatable bonds is 6. The Balaban J connectivity index is 1.85. The van der Waals surface area contributed by atoms with E-state index in [0.29, 0.717) is 19.5 Å². The number of aromatic carboxylic acids is 1. The van der Waals surface area contributed by atoms with Crippen LogP contribution >= 0.6 is 0 Å². The highest BCUT2D eigenvalue weighted by atomic mass is 16.5. The number of carbonyl (C=O) groups is 2. The number of esters is 1. The predicted octanol–water partition coefficient (Wildman–Crippen LogP) is -0.661. The Morgan fingerprint density at radius 3 is 2.69 bits per heavy atom. The van der Waals surface area contributed by atoms with Gasteiger partial charge in [0.2, 0.25) is 0 Å². The summed E-state index contributed by atoms with van der Waals surface area (Å²) in [7, 11) is 1.40. The number of quaternary nitrogens is 1. The number of ether oxygens (including phenoxy) is 1. The van der Waals surface area contributed by atoms with Gasteiger partial charge < -0.3 is 24.1 Å². The van der Waals surface area contributed by atoms with Gasteiger partial charge in [0.05, 0.1) is 37.2 Å². The van der Waals surface area contributed by atoms with Gasteiger partial charge in [-0.05, 0) is 12.0 Å². The van der Waals surface area contributed by atoms with E-state index in [1.54, 1.807) is 12.1 Å². The van der Waals surface area contributed by atoms with Gasteiger partial charge in [-0.2, -0.15) is 0 Å². The Kier molecular flexibility index (Phi) is 5.37. The smallest absolute Gasteiger partial charge is 0.365 e. The molecule has 138 valence electrons. The summed E-state index contributed by atoms with van der Waals surface area (Å²) in [5, 5.41) is 10.9. The molecule has 2 heterocycles. The Bertz CT molecular complexity index is 798. The van der Waals surface area contributed by atoms with Crippen molar-refractivity contribution in [3.8, 4) is 0 Å². The number of aromatic nitrogens is 2. The van der Waals surface area contributed by atoms with E-state index in [1.165, 1.54) is 19.2 Å². The van der Waals surface area contributed by atoms with E-state index in [1.807, 2.05) is 6.33 Å². The summed E-state index contributed by atoms with van der Waals surface area (Å²) in [4.78, 5) is 28.7. The molecule has 2 aromatic rings. The number of carboxylic acids is 1. The molecule has 0 amide bonds. The summed E-state index contributed by atoms with van der Waals surface area (Å²) >= 11 is 0. The molecule has 1 aliphatic heterocycles. The third kappa shape index (κ3) is 3.62. The molecule has 0 saturated heterocycles. The van der Waals surface area contributed by atoms with Crippen molar-refractivity contribution >= 4 is 11.9 Å². The number of nitrogens with one attached hydrogen (secondary N) is 1. The normalized spacial score (nSPS) is 19.0. The second-order valence-electron chi connectivity index (χ2n) is 6.61. The third-order valence-electron chi connectivity index (χ3n) is 4.89. The van der Waals surface area contributed by atoms with Crippen LogP contribution in [0.4, 0.5) is 0 Å². The molecule has 1 unspecified atom stereocenters. The maximum absolute atomic E-state index is 12.3. The number of carbonyl (C=O) groups excluding carboxylic acids is 2. The Morgan fingerprint density at radius 2 is 2.08 bits per heavy atom. The first-order chi connectivity index (χ1) is 12.5. The molecule has 1 aliphatic rings. The molecule has 0 fully saturated rings. The van der Waals surface area contributed by atoms with E-state index in [2.05, 4.69) is 16.5 Å². The minimum absolute atomic E-state index is 0.148. The first-order valence-electron chi connectivity index (χ1n) is 8.79. The largest absolute Gasteiger partial charge is 0.545 e. The summed E-state index contributed by atoms with van der Waals surface area (Å²) < 4.78 is 7.15. The van der Waals surface area contributed by atoms with Crippen LogP contribution in [0.15, 0.2) is 30.6 Å². The Morgan fingerprint density at radius 1 is 1.35 bits per heavy atom. The number of hydrogen-bond acceptors (Lipinski definition) is 5. The van der Waals surface area contributed by atoms with E-state index in [0.717, 1.165) is 34.8 Å². The molecule has 0 radical (unpaired) electrons. The Hall–Kier alpha value is -2.67. The zero-order valence-corrected chi connectivity index (χ0v) is 15.0. The molecule has 7 heteroatoms. The van der Waals surface area contributed by atoms with Crippen LogP contribution in [0.5, 0.6) is 0 Å². The SMILES string of the molecule is CCCn1cnc2c1C[NH+](Cc1ccc(C(=O)[O-])cc1)[C@H](C(=O)OC)C2. The molecule has 0 aliphatic carbocycles. The number of fused-ring (bicyclic) bond motifs is 1. The van der Waals surface area contributed by atoms with Crippen molar-refractivity contribution in [3.05, 3.63) is 53.1 Å². The number of methoxy groups -OCH3 is 1. The molecule has 3 rings (SSSR count). The van der Waals surface area contributed by atoms with Crippen molar-refractivity contribution in [1.29, 1.82) is 0 Å². The molecular formula is C19H23N3O4. The van der Waals surface area contributed by atoms with Crippen LogP contribution in [0.2, 0.25) is 0 Å². The average molecular weight is 357 g/mol. The summed E-state index contributed by atoms with van der Waals surface area (Å²) in [5.41, 5.74) is 3.23. The topological polar surface area (TPSA) is 88.7 Å².